The molecule has 0 heterocycles. The number of halogens is 1. The first kappa shape index (κ1) is 12.6. The zero-order valence-corrected chi connectivity index (χ0v) is 11.8. The predicted molar refractivity (Wildman–Crippen MR) is 73.3 cm³/mol. The third-order valence-electron chi connectivity index (χ3n) is 3.23. The van der Waals surface area contributed by atoms with Gasteiger partial charge in [0.05, 0.1) is 4.83 Å². The molecule has 0 spiro atoms. The van der Waals surface area contributed by atoms with Crippen LogP contribution in [0.4, 0.5) is 0 Å². The first-order valence-corrected chi connectivity index (χ1v) is 7.00. The lowest BCUT2D eigenvalue weighted by Crippen LogP contribution is -2.41. The highest BCUT2D eigenvalue weighted by Gasteiger charge is 2.25. The fourth-order valence-corrected chi connectivity index (χ4v) is 2.38. The number of benzene rings is 1. The topological polar surface area (TPSA) is 29.1 Å². The maximum absolute atomic E-state index is 11.9. The van der Waals surface area contributed by atoms with E-state index in [-0.39, 0.29) is 16.8 Å². The van der Waals surface area contributed by atoms with Crippen molar-refractivity contribution < 1.29 is 4.79 Å². The normalized spacial score (nSPS) is 16.9. The molecule has 3 heteroatoms. The number of hydrogen-bond donors (Lipinski definition) is 1. The van der Waals surface area contributed by atoms with E-state index in [1.54, 1.807) is 0 Å². The van der Waals surface area contributed by atoms with E-state index in [1.165, 1.54) is 11.1 Å². The molecule has 1 aromatic rings. The van der Waals surface area contributed by atoms with Gasteiger partial charge in [-0.15, -0.1) is 0 Å². The van der Waals surface area contributed by atoms with E-state index >= 15 is 0 Å². The highest BCUT2D eigenvalue weighted by Crippen LogP contribution is 2.22. The van der Waals surface area contributed by atoms with Gasteiger partial charge in [0.15, 0.2) is 0 Å². The van der Waals surface area contributed by atoms with Gasteiger partial charge in [-0.2, -0.15) is 0 Å². The lowest BCUT2D eigenvalue weighted by Gasteiger charge is -2.17. The van der Waals surface area contributed by atoms with Gasteiger partial charge in [-0.25, -0.2) is 0 Å². The molecule has 1 aromatic carbocycles. The minimum Gasteiger partial charge on any atom is -0.352 e. The van der Waals surface area contributed by atoms with Gasteiger partial charge in [0.1, 0.15) is 0 Å². The minimum atomic E-state index is -0.0915. The molecule has 2 rings (SSSR count). The Bertz CT molecular complexity index is 391. The largest absolute Gasteiger partial charge is 0.352 e. The molecule has 17 heavy (non-hydrogen) atoms. The van der Waals surface area contributed by atoms with E-state index in [9.17, 15) is 4.79 Å². The first-order chi connectivity index (χ1) is 8.08. The summed E-state index contributed by atoms with van der Waals surface area (Å²) < 4.78 is 0. The van der Waals surface area contributed by atoms with Crippen molar-refractivity contribution in [2.24, 2.45) is 5.92 Å². The third-order valence-corrected chi connectivity index (χ3v) is 4.71. The van der Waals surface area contributed by atoms with Crippen LogP contribution in [0.1, 0.15) is 25.0 Å². The summed E-state index contributed by atoms with van der Waals surface area (Å²) in [6.07, 6.45) is 1.92. The van der Waals surface area contributed by atoms with Gasteiger partial charge >= 0.3 is 0 Å². The van der Waals surface area contributed by atoms with Crippen molar-refractivity contribution in [3.63, 3.8) is 0 Å². The molecule has 1 amide bonds. The number of hydrogen-bond acceptors (Lipinski definition) is 1. The van der Waals surface area contributed by atoms with E-state index < -0.39 is 0 Å². The molecule has 0 aromatic heterocycles. The number of fused-ring (bicyclic) bond motifs is 1. The monoisotopic (exact) mass is 295 g/mol. The molecule has 1 N–H and O–H groups in total. The molecule has 2 nitrogen and oxygen atoms in total. The Morgan fingerprint density at radius 3 is 2.29 bits per heavy atom. The highest BCUT2D eigenvalue weighted by molar-refractivity contribution is 9.10. The molecule has 92 valence electrons. The number of carbonyl (C=O) groups excluding carboxylic acids is 1. The van der Waals surface area contributed by atoms with Crippen LogP contribution in [0.15, 0.2) is 24.3 Å². The van der Waals surface area contributed by atoms with Crippen LogP contribution in [0.5, 0.6) is 0 Å². The van der Waals surface area contributed by atoms with Crippen LogP contribution in [0, 0.1) is 5.92 Å². The minimum absolute atomic E-state index is 0.0915. The SMILES string of the molecule is CC(C)C(Br)C(=O)NC1Cc2ccccc2C1. The Morgan fingerprint density at radius 1 is 1.29 bits per heavy atom. The van der Waals surface area contributed by atoms with Gasteiger partial charge in [-0.1, -0.05) is 54.0 Å². The van der Waals surface area contributed by atoms with E-state index in [4.69, 9.17) is 0 Å². The second-order valence-electron chi connectivity index (χ2n) is 5.03. The summed E-state index contributed by atoms with van der Waals surface area (Å²) in [6.45, 7) is 4.09. The number of amides is 1. The average molecular weight is 296 g/mol. The average Bonchev–Trinajstić information content (AvgIpc) is 2.69. The van der Waals surface area contributed by atoms with Crippen LogP contribution < -0.4 is 5.32 Å². The Morgan fingerprint density at radius 2 is 1.82 bits per heavy atom. The van der Waals surface area contributed by atoms with Crippen molar-refractivity contribution in [3.05, 3.63) is 35.4 Å². The number of nitrogens with one attached hydrogen (secondary N) is 1. The van der Waals surface area contributed by atoms with Crippen LogP contribution in [-0.4, -0.2) is 16.8 Å². The van der Waals surface area contributed by atoms with Crippen molar-refractivity contribution in [2.45, 2.75) is 37.6 Å². The molecule has 1 atom stereocenters. The van der Waals surface area contributed by atoms with Crippen LogP contribution >= 0.6 is 15.9 Å². The van der Waals surface area contributed by atoms with Crippen molar-refractivity contribution >= 4 is 21.8 Å². The van der Waals surface area contributed by atoms with Gasteiger partial charge in [0, 0.05) is 6.04 Å². The van der Waals surface area contributed by atoms with E-state index in [2.05, 4.69) is 45.5 Å². The predicted octanol–water partition coefficient (Wildman–Crippen LogP) is 2.69. The number of alkyl halides is 1. The molecule has 1 unspecified atom stereocenters. The Labute approximate surface area is 111 Å². The Hall–Kier alpha value is -0.830. The molecule has 1 aliphatic carbocycles. The zero-order valence-electron chi connectivity index (χ0n) is 10.2. The first-order valence-electron chi connectivity index (χ1n) is 6.09. The molecule has 0 saturated carbocycles. The van der Waals surface area contributed by atoms with E-state index in [0.717, 1.165) is 12.8 Å². The third kappa shape index (κ3) is 2.89. The van der Waals surface area contributed by atoms with Gasteiger partial charge in [0.25, 0.3) is 0 Å². The molecule has 0 fully saturated rings. The molecular weight excluding hydrogens is 278 g/mol. The number of rotatable bonds is 3. The van der Waals surface area contributed by atoms with Crippen LogP contribution in [0.3, 0.4) is 0 Å². The highest BCUT2D eigenvalue weighted by atomic mass is 79.9. The van der Waals surface area contributed by atoms with Gasteiger partial charge in [0.2, 0.25) is 5.91 Å². The standard InChI is InChI=1S/C14H18BrNO/c1-9(2)13(15)14(17)16-12-7-10-5-3-4-6-11(10)8-12/h3-6,9,12-13H,7-8H2,1-2H3,(H,16,17). The smallest absolute Gasteiger partial charge is 0.234 e. The van der Waals surface area contributed by atoms with Gasteiger partial charge < -0.3 is 5.32 Å². The molecule has 0 radical (unpaired) electrons. The summed E-state index contributed by atoms with van der Waals surface area (Å²) in [4.78, 5) is 11.8. The second-order valence-corrected chi connectivity index (χ2v) is 6.01. The molecular formula is C14H18BrNO. The maximum atomic E-state index is 11.9. The zero-order chi connectivity index (χ0) is 12.4. The van der Waals surface area contributed by atoms with Crippen LogP contribution in [0.2, 0.25) is 0 Å². The fraction of sp³-hybridized carbons (Fsp3) is 0.500. The quantitative estimate of drug-likeness (QED) is 0.854. The van der Waals surface area contributed by atoms with Gasteiger partial charge in [-0.3, -0.25) is 4.79 Å². The molecule has 0 aliphatic heterocycles. The summed E-state index contributed by atoms with van der Waals surface area (Å²) in [7, 11) is 0. The summed E-state index contributed by atoms with van der Waals surface area (Å²) >= 11 is 3.44. The second kappa shape index (κ2) is 5.21. The van der Waals surface area contributed by atoms with Crippen molar-refractivity contribution in [2.75, 3.05) is 0 Å². The summed E-state index contributed by atoms with van der Waals surface area (Å²) in [5.41, 5.74) is 2.74. The van der Waals surface area contributed by atoms with Gasteiger partial charge in [-0.05, 0) is 29.9 Å². The van der Waals surface area contributed by atoms with E-state index in [1.807, 2.05) is 13.8 Å². The number of carbonyl (C=O) groups is 1. The van der Waals surface area contributed by atoms with Crippen molar-refractivity contribution in [1.29, 1.82) is 0 Å². The van der Waals surface area contributed by atoms with Crippen LogP contribution in [0.25, 0.3) is 0 Å². The lowest BCUT2D eigenvalue weighted by molar-refractivity contribution is -0.121. The summed E-state index contributed by atoms with van der Waals surface area (Å²) in [6, 6.07) is 8.68. The Kier molecular flexibility index (Phi) is 3.87. The Balaban J connectivity index is 1.94. The van der Waals surface area contributed by atoms with Crippen molar-refractivity contribution in [1.82, 2.24) is 5.32 Å². The fourth-order valence-electron chi connectivity index (χ4n) is 2.24. The molecule has 0 bridgehead atoms. The molecule has 0 saturated heterocycles. The van der Waals surface area contributed by atoms with E-state index in [0.29, 0.717) is 5.92 Å². The summed E-state index contributed by atoms with van der Waals surface area (Å²) in [5.74, 6) is 0.427. The summed E-state index contributed by atoms with van der Waals surface area (Å²) in [5, 5.41) is 3.12. The molecule has 1 aliphatic rings. The maximum Gasteiger partial charge on any atom is 0.234 e. The van der Waals surface area contributed by atoms with Crippen molar-refractivity contribution in [3.8, 4) is 0 Å². The van der Waals surface area contributed by atoms with Crippen LogP contribution in [-0.2, 0) is 17.6 Å². The lowest BCUT2D eigenvalue weighted by atomic mass is 10.1.